The Kier molecular flexibility index (Phi) is 5.93. The molecule has 0 aliphatic carbocycles. The average Bonchev–Trinajstić information content (AvgIpc) is 2.57. The van der Waals surface area contributed by atoms with Crippen molar-refractivity contribution in [2.45, 2.75) is 23.8 Å². The van der Waals surface area contributed by atoms with E-state index in [1.807, 2.05) is 0 Å². The Labute approximate surface area is 149 Å². The standard InChI is InChI=1S/C15H14F2N4O4S/c1-2-9(14(24)25)26-15-20-11(18)10(13(23)21-15)19-12(22)6-3-4-7(16)8(17)5-6/h3-5,9H,2H2,1H3,(H,19,22)(H,24,25)(H3,18,20,21,23)/t9-/m1/s1. The van der Waals surface area contributed by atoms with Crippen LogP contribution in [-0.2, 0) is 4.79 Å². The quantitative estimate of drug-likeness (QED) is 0.440. The summed E-state index contributed by atoms with van der Waals surface area (Å²) in [6.45, 7) is 1.66. The second-order valence-corrected chi connectivity index (χ2v) is 6.26. The van der Waals surface area contributed by atoms with Gasteiger partial charge in [0, 0.05) is 5.56 Å². The van der Waals surface area contributed by atoms with E-state index in [0.717, 1.165) is 23.9 Å². The molecule has 0 aliphatic rings. The van der Waals surface area contributed by atoms with E-state index in [1.54, 1.807) is 6.92 Å². The largest absolute Gasteiger partial charge is 0.480 e. The zero-order valence-electron chi connectivity index (χ0n) is 13.4. The molecule has 0 saturated heterocycles. The highest BCUT2D eigenvalue weighted by Crippen LogP contribution is 2.23. The van der Waals surface area contributed by atoms with Gasteiger partial charge in [-0.2, -0.15) is 0 Å². The number of carbonyl (C=O) groups is 2. The fourth-order valence-electron chi connectivity index (χ4n) is 1.91. The van der Waals surface area contributed by atoms with Gasteiger partial charge in [-0.3, -0.25) is 19.4 Å². The van der Waals surface area contributed by atoms with Gasteiger partial charge in [0.2, 0.25) is 0 Å². The van der Waals surface area contributed by atoms with E-state index in [1.165, 1.54) is 0 Å². The summed E-state index contributed by atoms with van der Waals surface area (Å²) in [5, 5.41) is 10.3. The minimum absolute atomic E-state index is 0.0208. The average molecular weight is 384 g/mol. The predicted octanol–water partition coefficient (Wildman–Crippen LogP) is 1.84. The lowest BCUT2D eigenvalue weighted by Gasteiger charge is -2.11. The van der Waals surface area contributed by atoms with E-state index in [-0.39, 0.29) is 28.6 Å². The van der Waals surface area contributed by atoms with Crippen molar-refractivity contribution < 1.29 is 23.5 Å². The first-order chi connectivity index (χ1) is 12.2. The maximum Gasteiger partial charge on any atom is 0.317 e. The molecule has 1 aromatic heterocycles. The van der Waals surface area contributed by atoms with Gasteiger partial charge < -0.3 is 16.2 Å². The van der Waals surface area contributed by atoms with Crippen LogP contribution in [0.25, 0.3) is 0 Å². The molecule has 0 aliphatic heterocycles. The number of aliphatic carboxylic acids is 1. The van der Waals surface area contributed by atoms with Crippen LogP contribution < -0.4 is 16.6 Å². The van der Waals surface area contributed by atoms with Crippen molar-refractivity contribution in [3.8, 4) is 0 Å². The van der Waals surface area contributed by atoms with E-state index in [2.05, 4.69) is 15.3 Å². The van der Waals surface area contributed by atoms with Gasteiger partial charge in [-0.05, 0) is 24.6 Å². The molecule has 0 fully saturated rings. The summed E-state index contributed by atoms with van der Waals surface area (Å²) in [5.41, 5.74) is 4.24. The second-order valence-electron chi connectivity index (χ2n) is 5.07. The molecule has 11 heteroatoms. The molecule has 1 amide bonds. The third-order valence-corrected chi connectivity index (χ3v) is 4.48. The van der Waals surface area contributed by atoms with Crippen molar-refractivity contribution >= 4 is 35.1 Å². The van der Waals surface area contributed by atoms with E-state index in [4.69, 9.17) is 10.8 Å². The van der Waals surface area contributed by atoms with Gasteiger partial charge in [0.1, 0.15) is 10.9 Å². The summed E-state index contributed by atoms with van der Waals surface area (Å²) >= 11 is 0.803. The van der Waals surface area contributed by atoms with Crippen LogP contribution in [0, 0.1) is 11.6 Å². The molecule has 5 N–H and O–H groups in total. The van der Waals surface area contributed by atoms with Crippen LogP contribution in [-0.4, -0.2) is 32.2 Å². The number of rotatable bonds is 6. The van der Waals surface area contributed by atoms with Gasteiger partial charge >= 0.3 is 5.97 Å². The smallest absolute Gasteiger partial charge is 0.317 e. The normalized spacial score (nSPS) is 11.8. The molecule has 2 rings (SSSR count). The van der Waals surface area contributed by atoms with Crippen molar-refractivity contribution in [2.75, 3.05) is 11.1 Å². The number of nitrogens with two attached hydrogens (primary N) is 1. The fraction of sp³-hybridized carbons (Fsp3) is 0.200. The van der Waals surface area contributed by atoms with Crippen LogP contribution in [0.5, 0.6) is 0 Å². The number of aromatic amines is 1. The number of thioether (sulfide) groups is 1. The fourth-order valence-corrected chi connectivity index (χ4v) is 2.75. The maximum atomic E-state index is 13.2. The molecule has 0 bridgehead atoms. The van der Waals surface area contributed by atoms with Gasteiger partial charge in [-0.15, -0.1) is 0 Å². The van der Waals surface area contributed by atoms with Crippen molar-refractivity contribution in [2.24, 2.45) is 0 Å². The zero-order chi connectivity index (χ0) is 19.4. The lowest BCUT2D eigenvalue weighted by molar-refractivity contribution is -0.136. The number of benzene rings is 1. The van der Waals surface area contributed by atoms with Crippen LogP contribution >= 0.6 is 11.8 Å². The molecular formula is C15H14F2N4O4S. The monoisotopic (exact) mass is 384 g/mol. The van der Waals surface area contributed by atoms with Gasteiger partial charge in [0.05, 0.1) is 0 Å². The van der Waals surface area contributed by atoms with Gasteiger partial charge in [-0.1, -0.05) is 18.7 Å². The summed E-state index contributed by atoms with van der Waals surface area (Å²) in [6, 6.07) is 2.48. The van der Waals surface area contributed by atoms with E-state index >= 15 is 0 Å². The number of hydrogen-bond donors (Lipinski definition) is 4. The second kappa shape index (κ2) is 7.95. The number of hydrogen-bond acceptors (Lipinski definition) is 6. The number of amides is 1. The number of carbonyl (C=O) groups excluding carboxylic acids is 1. The third kappa shape index (κ3) is 4.36. The lowest BCUT2D eigenvalue weighted by atomic mass is 10.2. The summed E-state index contributed by atoms with van der Waals surface area (Å²) < 4.78 is 26.1. The minimum atomic E-state index is -1.22. The van der Waals surface area contributed by atoms with Crippen molar-refractivity contribution in [3.05, 3.63) is 45.8 Å². The van der Waals surface area contributed by atoms with Crippen LogP contribution in [0.3, 0.4) is 0 Å². The Morgan fingerprint density at radius 3 is 2.62 bits per heavy atom. The number of anilines is 2. The Morgan fingerprint density at radius 2 is 2.08 bits per heavy atom. The van der Waals surface area contributed by atoms with Crippen LogP contribution in [0.1, 0.15) is 23.7 Å². The molecule has 1 atom stereocenters. The summed E-state index contributed by atoms with van der Waals surface area (Å²) in [7, 11) is 0. The molecule has 2 aromatic rings. The lowest BCUT2D eigenvalue weighted by Crippen LogP contribution is -2.24. The SMILES string of the molecule is CC[C@@H](Sc1nc(N)c(NC(=O)c2ccc(F)c(F)c2)c(=O)[nH]1)C(=O)O. The summed E-state index contributed by atoms with van der Waals surface area (Å²) in [5.74, 6) is -4.64. The first kappa shape index (κ1) is 19.4. The number of carboxylic acid groups (broad SMARTS) is 1. The molecule has 1 aromatic carbocycles. The first-order valence-electron chi connectivity index (χ1n) is 7.28. The molecule has 0 unspecified atom stereocenters. The number of nitrogens with one attached hydrogen (secondary N) is 2. The first-order valence-corrected chi connectivity index (χ1v) is 8.16. The number of aromatic nitrogens is 2. The molecule has 0 saturated carbocycles. The molecular weight excluding hydrogens is 370 g/mol. The molecule has 0 spiro atoms. The van der Waals surface area contributed by atoms with E-state index in [0.29, 0.717) is 6.07 Å². The van der Waals surface area contributed by atoms with Crippen molar-refractivity contribution in [1.29, 1.82) is 0 Å². The summed E-state index contributed by atoms with van der Waals surface area (Å²) in [6.07, 6.45) is 0.290. The number of nitrogen functional groups attached to an aromatic ring is 1. The Hall–Kier alpha value is -2.95. The third-order valence-electron chi connectivity index (χ3n) is 3.25. The highest BCUT2D eigenvalue weighted by atomic mass is 32.2. The molecule has 8 nitrogen and oxygen atoms in total. The van der Waals surface area contributed by atoms with E-state index < -0.39 is 34.3 Å². The zero-order valence-corrected chi connectivity index (χ0v) is 14.2. The van der Waals surface area contributed by atoms with Gasteiger partial charge in [0.15, 0.2) is 22.6 Å². The number of H-pyrrole nitrogens is 1. The molecule has 1 heterocycles. The summed E-state index contributed by atoms with van der Waals surface area (Å²) in [4.78, 5) is 41.4. The predicted molar refractivity (Wildman–Crippen MR) is 91.2 cm³/mol. The number of halogens is 2. The van der Waals surface area contributed by atoms with Crippen molar-refractivity contribution in [3.63, 3.8) is 0 Å². The topological polar surface area (TPSA) is 138 Å². The molecule has 0 radical (unpaired) electrons. The number of carboxylic acids is 1. The van der Waals surface area contributed by atoms with E-state index in [9.17, 15) is 23.2 Å². The number of nitrogens with zero attached hydrogens (tertiary/aromatic N) is 1. The van der Waals surface area contributed by atoms with Gasteiger partial charge in [0.25, 0.3) is 11.5 Å². The minimum Gasteiger partial charge on any atom is -0.480 e. The highest BCUT2D eigenvalue weighted by molar-refractivity contribution is 8.00. The van der Waals surface area contributed by atoms with Gasteiger partial charge in [-0.25, -0.2) is 13.8 Å². The Bertz CT molecular complexity index is 919. The van der Waals surface area contributed by atoms with Crippen molar-refractivity contribution in [1.82, 2.24) is 9.97 Å². The molecule has 26 heavy (non-hydrogen) atoms. The molecule has 138 valence electrons. The highest BCUT2D eigenvalue weighted by Gasteiger charge is 2.20. The van der Waals surface area contributed by atoms with Crippen LogP contribution in [0.4, 0.5) is 20.3 Å². The van der Waals surface area contributed by atoms with Crippen LogP contribution in [0.2, 0.25) is 0 Å². The Balaban J connectivity index is 2.25. The Morgan fingerprint density at radius 1 is 1.38 bits per heavy atom. The van der Waals surface area contributed by atoms with Crippen LogP contribution in [0.15, 0.2) is 28.2 Å². The maximum absolute atomic E-state index is 13.2.